The zero-order valence-electron chi connectivity index (χ0n) is 17.7. The minimum atomic E-state index is -0.136. The number of hydrogen-bond donors (Lipinski definition) is 0. The van der Waals surface area contributed by atoms with Crippen LogP contribution in [0.4, 0.5) is 11.5 Å². The van der Waals surface area contributed by atoms with Crippen molar-refractivity contribution in [3.63, 3.8) is 0 Å². The maximum Gasteiger partial charge on any atom is 0.268 e. The number of fused-ring (bicyclic) bond motifs is 1. The van der Waals surface area contributed by atoms with Crippen molar-refractivity contribution in [2.45, 2.75) is 33.0 Å². The average Bonchev–Trinajstić information content (AvgIpc) is 2.73. The van der Waals surface area contributed by atoms with E-state index in [-0.39, 0.29) is 17.8 Å². The highest BCUT2D eigenvalue weighted by atomic mass is 16.5. The molecule has 1 aliphatic rings. The van der Waals surface area contributed by atoms with E-state index in [0.29, 0.717) is 30.1 Å². The fraction of sp³-hybridized carbons (Fsp3) is 0.348. The number of morpholine rings is 1. The van der Waals surface area contributed by atoms with Crippen LogP contribution in [0.2, 0.25) is 0 Å². The van der Waals surface area contributed by atoms with Gasteiger partial charge in [-0.2, -0.15) is 0 Å². The Morgan fingerprint density at radius 1 is 1.17 bits per heavy atom. The maximum absolute atomic E-state index is 13.4. The fourth-order valence-electron chi connectivity index (χ4n) is 3.81. The number of rotatable bonds is 4. The Labute approximate surface area is 175 Å². The molecule has 0 N–H and O–H groups in total. The summed E-state index contributed by atoms with van der Waals surface area (Å²) in [6, 6.07) is 11.2. The molecule has 0 aliphatic carbocycles. The molecule has 7 nitrogen and oxygen atoms in total. The molecule has 0 radical (unpaired) electrons. The molecule has 7 heteroatoms. The van der Waals surface area contributed by atoms with Crippen LogP contribution in [0, 0.1) is 6.92 Å². The predicted octanol–water partition coefficient (Wildman–Crippen LogP) is 3.38. The minimum Gasteiger partial charge on any atom is -0.497 e. The van der Waals surface area contributed by atoms with E-state index < -0.39 is 0 Å². The van der Waals surface area contributed by atoms with Gasteiger partial charge < -0.3 is 14.4 Å². The number of ether oxygens (including phenoxy) is 2. The van der Waals surface area contributed by atoms with Crippen molar-refractivity contribution in [2.75, 3.05) is 25.1 Å². The summed E-state index contributed by atoms with van der Waals surface area (Å²) < 4.78 is 12.7. The van der Waals surface area contributed by atoms with E-state index in [1.54, 1.807) is 23.9 Å². The molecule has 2 unspecified atom stereocenters. The molecule has 1 aromatic carbocycles. The quantitative estimate of drug-likeness (QED) is 0.622. The number of benzene rings is 1. The molecule has 0 saturated carbocycles. The van der Waals surface area contributed by atoms with Crippen molar-refractivity contribution in [3.8, 4) is 5.75 Å². The predicted molar refractivity (Wildman–Crippen MR) is 119 cm³/mol. The number of aromatic nitrogens is 2. The molecule has 0 amide bonds. The summed E-state index contributed by atoms with van der Waals surface area (Å²) in [4.78, 5) is 24.9. The monoisotopic (exact) mass is 406 g/mol. The Morgan fingerprint density at radius 3 is 2.53 bits per heavy atom. The molecule has 156 valence electrons. The van der Waals surface area contributed by atoms with E-state index >= 15 is 0 Å². The number of aryl methyl sites for hydroxylation is 1. The Hall–Kier alpha value is -3.19. The van der Waals surface area contributed by atoms with E-state index in [0.717, 1.165) is 17.0 Å². The number of hydrogen-bond acceptors (Lipinski definition) is 6. The van der Waals surface area contributed by atoms with Gasteiger partial charge in [0.2, 0.25) is 0 Å². The molecule has 3 aromatic rings. The second-order valence-electron chi connectivity index (χ2n) is 7.66. The van der Waals surface area contributed by atoms with Crippen LogP contribution in [0.3, 0.4) is 0 Å². The van der Waals surface area contributed by atoms with Gasteiger partial charge >= 0.3 is 0 Å². The largest absolute Gasteiger partial charge is 0.497 e. The molecular weight excluding hydrogens is 380 g/mol. The van der Waals surface area contributed by atoms with Gasteiger partial charge in [-0.05, 0) is 56.7 Å². The molecule has 0 spiro atoms. The SMILES string of the molecule is COc1ccc(N=Cc2c(N3CC(C)OC(C)C3)nc3c(C)cccn3c2=O)cc1. The van der Waals surface area contributed by atoms with Gasteiger partial charge in [-0.15, -0.1) is 0 Å². The van der Waals surface area contributed by atoms with E-state index in [1.807, 2.05) is 57.2 Å². The second-order valence-corrected chi connectivity index (χ2v) is 7.66. The second kappa shape index (κ2) is 8.28. The fourth-order valence-corrected chi connectivity index (χ4v) is 3.81. The van der Waals surface area contributed by atoms with Crippen LogP contribution in [0.5, 0.6) is 5.75 Å². The summed E-state index contributed by atoms with van der Waals surface area (Å²) >= 11 is 0. The summed E-state index contributed by atoms with van der Waals surface area (Å²) in [5.41, 5.74) is 2.67. The first-order chi connectivity index (χ1) is 14.5. The zero-order valence-corrected chi connectivity index (χ0v) is 17.7. The van der Waals surface area contributed by atoms with Crippen molar-refractivity contribution in [1.29, 1.82) is 0 Å². The first-order valence-electron chi connectivity index (χ1n) is 10.1. The van der Waals surface area contributed by atoms with Gasteiger partial charge in [0.25, 0.3) is 5.56 Å². The normalized spacial score (nSPS) is 19.5. The standard InChI is InChI=1S/C23H26N4O3/c1-15-6-5-11-27-21(15)25-22(26-13-16(2)30-17(3)14-26)20(23(27)28)12-24-18-7-9-19(29-4)10-8-18/h5-12,16-17H,13-14H2,1-4H3. The summed E-state index contributed by atoms with van der Waals surface area (Å²) in [6.45, 7) is 7.37. The van der Waals surface area contributed by atoms with Crippen LogP contribution in [0.15, 0.2) is 52.4 Å². The lowest BCUT2D eigenvalue weighted by Gasteiger charge is -2.36. The highest BCUT2D eigenvalue weighted by Gasteiger charge is 2.26. The summed E-state index contributed by atoms with van der Waals surface area (Å²) in [5.74, 6) is 1.41. The number of nitrogens with zero attached hydrogens (tertiary/aromatic N) is 4. The molecule has 1 saturated heterocycles. The lowest BCUT2D eigenvalue weighted by Crippen LogP contribution is -2.47. The Morgan fingerprint density at radius 2 is 1.87 bits per heavy atom. The third-order valence-electron chi connectivity index (χ3n) is 5.20. The summed E-state index contributed by atoms with van der Waals surface area (Å²) in [5, 5.41) is 0. The molecule has 1 fully saturated rings. The van der Waals surface area contributed by atoms with E-state index in [1.165, 1.54) is 0 Å². The minimum absolute atomic E-state index is 0.0530. The lowest BCUT2D eigenvalue weighted by molar-refractivity contribution is -0.00546. The molecule has 2 aromatic heterocycles. The van der Waals surface area contributed by atoms with Crippen LogP contribution in [-0.4, -0.2) is 48.0 Å². The first-order valence-corrected chi connectivity index (χ1v) is 10.1. The molecule has 1 aliphatic heterocycles. The third kappa shape index (κ3) is 3.93. The van der Waals surface area contributed by atoms with Gasteiger partial charge in [0.15, 0.2) is 0 Å². The van der Waals surface area contributed by atoms with Gasteiger partial charge in [-0.3, -0.25) is 14.2 Å². The van der Waals surface area contributed by atoms with Gasteiger partial charge in [0.1, 0.15) is 22.8 Å². The van der Waals surface area contributed by atoms with E-state index in [4.69, 9.17) is 14.5 Å². The third-order valence-corrected chi connectivity index (χ3v) is 5.20. The number of anilines is 1. The molecular formula is C23H26N4O3. The smallest absolute Gasteiger partial charge is 0.268 e. The lowest BCUT2D eigenvalue weighted by atomic mass is 10.2. The van der Waals surface area contributed by atoms with Crippen molar-refractivity contribution in [1.82, 2.24) is 9.38 Å². The highest BCUT2D eigenvalue weighted by molar-refractivity contribution is 5.88. The van der Waals surface area contributed by atoms with Crippen molar-refractivity contribution < 1.29 is 9.47 Å². The average molecular weight is 406 g/mol. The van der Waals surface area contributed by atoms with Crippen LogP contribution >= 0.6 is 0 Å². The van der Waals surface area contributed by atoms with E-state index in [2.05, 4.69) is 9.89 Å². The van der Waals surface area contributed by atoms with Gasteiger partial charge in [-0.1, -0.05) is 6.07 Å². The van der Waals surface area contributed by atoms with Crippen LogP contribution in [-0.2, 0) is 4.74 Å². The summed E-state index contributed by atoms with van der Waals surface area (Å²) in [7, 11) is 1.62. The van der Waals surface area contributed by atoms with Gasteiger partial charge in [0.05, 0.1) is 25.0 Å². The van der Waals surface area contributed by atoms with Gasteiger partial charge in [0, 0.05) is 25.5 Å². The Bertz CT molecular complexity index is 1130. The molecule has 2 atom stereocenters. The van der Waals surface area contributed by atoms with Crippen LogP contribution in [0.25, 0.3) is 5.65 Å². The number of methoxy groups -OCH3 is 1. The Kier molecular flexibility index (Phi) is 5.55. The topological polar surface area (TPSA) is 68.4 Å². The highest BCUT2D eigenvalue weighted by Crippen LogP contribution is 2.23. The van der Waals surface area contributed by atoms with Crippen LogP contribution in [0.1, 0.15) is 25.0 Å². The van der Waals surface area contributed by atoms with Crippen molar-refractivity contribution >= 4 is 23.4 Å². The molecule has 3 heterocycles. The number of aliphatic imine (C=N–C) groups is 1. The zero-order chi connectivity index (χ0) is 21.3. The molecule has 30 heavy (non-hydrogen) atoms. The van der Waals surface area contributed by atoms with Gasteiger partial charge in [-0.25, -0.2) is 4.98 Å². The van der Waals surface area contributed by atoms with Crippen molar-refractivity contribution in [2.24, 2.45) is 4.99 Å². The maximum atomic E-state index is 13.4. The number of pyridine rings is 1. The van der Waals surface area contributed by atoms with E-state index in [9.17, 15) is 4.79 Å². The van der Waals surface area contributed by atoms with Crippen LogP contribution < -0.4 is 15.2 Å². The molecule has 4 rings (SSSR count). The molecule has 0 bridgehead atoms. The van der Waals surface area contributed by atoms with Crippen molar-refractivity contribution in [3.05, 3.63) is 64.1 Å². The Balaban J connectivity index is 1.84. The first kappa shape index (κ1) is 20.1. The summed E-state index contributed by atoms with van der Waals surface area (Å²) in [6.07, 6.45) is 3.47.